The van der Waals surface area contributed by atoms with Crippen LogP contribution >= 0.6 is 62.3 Å². The molecule has 0 radical (unpaired) electrons. The molecule has 9 nitrogen and oxygen atoms in total. The van der Waals surface area contributed by atoms with Crippen molar-refractivity contribution in [3.63, 3.8) is 0 Å². The van der Waals surface area contributed by atoms with Gasteiger partial charge in [-0.25, -0.2) is 4.79 Å². The Hall–Kier alpha value is -2.93. The molecule has 0 unspecified atom stereocenters. The van der Waals surface area contributed by atoms with Gasteiger partial charge in [0.2, 0.25) is 0 Å². The Balaban J connectivity index is 0.000000250. The van der Waals surface area contributed by atoms with Crippen LogP contribution in [0.4, 0.5) is 0 Å². The molecule has 0 aromatic heterocycles. The number of phenols is 4. The van der Waals surface area contributed by atoms with E-state index in [0.717, 1.165) is 60.3 Å². The maximum absolute atomic E-state index is 11.1. The van der Waals surface area contributed by atoms with Crippen molar-refractivity contribution >= 4 is 68.3 Å². The maximum Gasteiger partial charge on any atom is 0.341 e. The summed E-state index contributed by atoms with van der Waals surface area (Å²) in [6.45, 7) is 10.0. The smallest absolute Gasteiger partial charge is 0.341 e. The topological polar surface area (TPSA) is 151 Å². The van der Waals surface area contributed by atoms with E-state index in [9.17, 15) is 25.2 Å². The number of hydrogen-bond acceptors (Lipinski definition) is 9. The summed E-state index contributed by atoms with van der Waals surface area (Å²) in [5.41, 5.74) is 5.56. The van der Waals surface area contributed by atoms with Crippen LogP contribution in [0.1, 0.15) is 62.1 Å². The van der Waals surface area contributed by atoms with Crippen molar-refractivity contribution in [3.8, 4) is 23.0 Å². The molecule has 1 heterocycles. The highest BCUT2D eigenvalue weighted by molar-refractivity contribution is 9.08. The fourth-order valence-electron chi connectivity index (χ4n) is 4.99. The average Bonchev–Trinajstić information content (AvgIpc) is 3.12. The summed E-state index contributed by atoms with van der Waals surface area (Å²) in [6, 6.07) is 12.9. The monoisotopic (exact) mass is 875 g/mol. The number of ether oxygens (including phenoxy) is 1. The third kappa shape index (κ3) is 14.3. The van der Waals surface area contributed by atoms with Crippen molar-refractivity contribution in [2.75, 3.05) is 26.8 Å². The third-order valence-corrected chi connectivity index (χ3v) is 10.7. The van der Waals surface area contributed by atoms with Gasteiger partial charge < -0.3 is 35.4 Å². The van der Waals surface area contributed by atoms with Gasteiger partial charge in [0, 0.05) is 55.3 Å². The van der Waals surface area contributed by atoms with E-state index in [0.29, 0.717) is 54.0 Å². The largest absolute Gasteiger partial charge is 0.508 e. The van der Waals surface area contributed by atoms with Crippen molar-refractivity contribution < 1.29 is 40.2 Å². The van der Waals surface area contributed by atoms with E-state index in [1.807, 2.05) is 19.9 Å². The number of hydrogen-bond donors (Lipinski definition) is 6. The summed E-state index contributed by atoms with van der Waals surface area (Å²) in [7, 11) is 1.25. The van der Waals surface area contributed by atoms with Gasteiger partial charge in [-0.2, -0.15) is 0 Å². The zero-order valence-electron chi connectivity index (χ0n) is 30.2. The summed E-state index contributed by atoms with van der Waals surface area (Å²) in [5, 5.41) is 58.6. The molecule has 0 amide bonds. The van der Waals surface area contributed by atoms with Crippen molar-refractivity contribution in [1.82, 2.24) is 4.90 Å². The number of halogens is 5. The van der Waals surface area contributed by atoms with Gasteiger partial charge in [-0.3, -0.25) is 4.90 Å². The first-order valence-electron chi connectivity index (χ1n) is 16.5. The minimum atomic E-state index is -0.598. The number of esters is 1. The Morgan fingerprint density at radius 2 is 1.08 bits per heavy atom. The second kappa shape index (κ2) is 22.4. The van der Waals surface area contributed by atoms with Crippen LogP contribution in [0.2, 0.25) is 20.1 Å². The first-order valence-corrected chi connectivity index (χ1v) is 19.1. The summed E-state index contributed by atoms with van der Waals surface area (Å²) in [5.74, 6) is 0.434. The van der Waals surface area contributed by atoms with Gasteiger partial charge in [-0.15, -0.1) is 0 Å². The number of methoxy groups -OCH3 is 1. The van der Waals surface area contributed by atoms with E-state index in [-0.39, 0.29) is 30.3 Å². The van der Waals surface area contributed by atoms with Crippen LogP contribution in [0.15, 0.2) is 48.5 Å². The van der Waals surface area contributed by atoms with E-state index in [1.165, 1.54) is 25.3 Å². The molecule has 290 valence electrons. The number of benzene rings is 4. The standard InChI is InChI=1S/C14H20ClNO2.C9H9ClO3.C8H8BrClO.C8H9ClO2/c1-10-6-14(18)12(7-13(10)15)8-16-4-2-11(9-17)3-5-16;1-5-3-8(11)6(4-7(5)10)9(12)13-2;1-5-2-8(11)6(4-9)3-7(5)10;1-5-2-8(11)6(4-10)3-7(5)9/h6-7,11,17-18H,2-5,8-9H2,1H3;3-4,11H,1-2H3;2-3,11H,4H2,1H3;2-3,10-11H,4H2,1H3. The molecule has 1 fully saturated rings. The van der Waals surface area contributed by atoms with Crippen molar-refractivity contribution in [2.24, 2.45) is 5.92 Å². The van der Waals surface area contributed by atoms with Gasteiger partial charge in [0.25, 0.3) is 0 Å². The Morgan fingerprint density at radius 1 is 0.679 bits per heavy atom. The number of carbonyl (C=O) groups excluding carboxylic acids is 1. The minimum Gasteiger partial charge on any atom is -0.508 e. The number of carbonyl (C=O) groups is 1. The zero-order valence-corrected chi connectivity index (χ0v) is 34.8. The summed E-state index contributed by atoms with van der Waals surface area (Å²) >= 11 is 26.7. The van der Waals surface area contributed by atoms with Crippen LogP contribution in [0.25, 0.3) is 0 Å². The van der Waals surface area contributed by atoms with Crippen LogP contribution in [-0.4, -0.2) is 68.3 Å². The number of likely N-dealkylation sites (tertiary alicyclic amines) is 1. The number of nitrogens with zero attached hydrogens (tertiary/aromatic N) is 1. The molecule has 0 spiro atoms. The Labute approximate surface area is 339 Å². The molecule has 4 aromatic carbocycles. The van der Waals surface area contributed by atoms with Crippen molar-refractivity contribution in [2.45, 2.75) is 59.0 Å². The molecule has 0 bridgehead atoms. The lowest BCUT2D eigenvalue weighted by molar-refractivity contribution is 0.0597. The van der Waals surface area contributed by atoms with Gasteiger partial charge >= 0.3 is 5.97 Å². The number of aryl methyl sites for hydroxylation is 4. The predicted octanol–water partition coefficient (Wildman–Crippen LogP) is 9.79. The van der Waals surface area contributed by atoms with Crippen LogP contribution in [0, 0.1) is 33.6 Å². The fourth-order valence-corrected chi connectivity index (χ4v) is 6.16. The lowest BCUT2D eigenvalue weighted by Crippen LogP contribution is -2.34. The van der Waals surface area contributed by atoms with E-state index >= 15 is 0 Å². The number of aromatic hydroxyl groups is 4. The van der Waals surface area contributed by atoms with E-state index < -0.39 is 5.97 Å². The highest BCUT2D eigenvalue weighted by Gasteiger charge is 2.20. The predicted molar refractivity (Wildman–Crippen MR) is 216 cm³/mol. The quantitative estimate of drug-likeness (QED) is 0.0822. The molecule has 1 aliphatic rings. The Kier molecular flexibility index (Phi) is 19.6. The highest BCUT2D eigenvalue weighted by atomic mass is 79.9. The number of phenolic OH excluding ortho intramolecular Hbond substituents is 3. The number of piperidine rings is 1. The van der Waals surface area contributed by atoms with Gasteiger partial charge in [-0.1, -0.05) is 62.3 Å². The number of aliphatic hydroxyl groups is 2. The van der Waals surface area contributed by atoms with Crippen LogP contribution in [0.5, 0.6) is 23.0 Å². The normalized spacial score (nSPS) is 12.8. The van der Waals surface area contributed by atoms with Crippen molar-refractivity contribution in [1.29, 1.82) is 0 Å². The van der Waals surface area contributed by atoms with E-state index in [1.54, 1.807) is 38.1 Å². The molecule has 14 heteroatoms. The number of alkyl halides is 1. The summed E-state index contributed by atoms with van der Waals surface area (Å²) in [4.78, 5) is 13.4. The molecule has 1 saturated heterocycles. The van der Waals surface area contributed by atoms with Gasteiger partial charge in [-0.05, 0) is 130 Å². The lowest BCUT2D eigenvalue weighted by Gasteiger charge is -2.31. The fraction of sp³-hybridized carbons (Fsp3) is 0.359. The summed E-state index contributed by atoms with van der Waals surface area (Å²) in [6.07, 6.45) is 2.05. The molecule has 0 atom stereocenters. The van der Waals surface area contributed by atoms with Crippen LogP contribution < -0.4 is 0 Å². The molecule has 6 N–H and O–H groups in total. The average molecular weight is 879 g/mol. The number of aliphatic hydroxyl groups excluding tert-OH is 2. The molecular formula is C39H46BrCl4NO8. The third-order valence-electron chi connectivity index (χ3n) is 8.44. The van der Waals surface area contributed by atoms with Gasteiger partial charge in [0.1, 0.15) is 28.6 Å². The van der Waals surface area contributed by atoms with Crippen LogP contribution in [-0.2, 0) is 23.2 Å². The highest BCUT2D eigenvalue weighted by Crippen LogP contribution is 2.30. The molecule has 5 rings (SSSR count). The number of rotatable bonds is 6. The molecule has 0 saturated carbocycles. The first-order chi connectivity index (χ1) is 24.9. The van der Waals surface area contributed by atoms with E-state index in [2.05, 4.69) is 25.6 Å². The SMILES string of the molecule is COC(=O)c1cc(Cl)c(C)cc1O.Cc1cc(O)c(CBr)cc1Cl.Cc1cc(O)c(CN2CCC(CO)CC2)cc1Cl.Cc1cc(O)c(CO)cc1Cl. The maximum atomic E-state index is 11.1. The zero-order chi connectivity index (χ0) is 40.0. The Bertz CT molecular complexity index is 1780. The van der Waals surface area contributed by atoms with Crippen molar-refractivity contribution in [3.05, 3.63) is 113 Å². The molecule has 53 heavy (non-hydrogen) atoms. The van der Waals surface area contributed by atoms with Crippen LogP contribution in [0.3, 0.4) is 0 Å². The van der Waals surface area contributed by atoms with Gasteiger partial charge in [0.05, 0.1) is 13.7 Å². The second-order valence-electron chi connectivity index (χ2n) is 12.5. The minimum absolute atomic E-state index is 0.0816. The molecule has 1 aliphatic heterocycles. The van der Waals surface area contributed by atoms with E-state index in [4.69, 9.17) is 56.6 Å². The van der Waals surface area contributed by atoms with Gasteiger partial charge in [0.15, 0.2) is 0 Å². The second-order valence-corrected chi connectivity index (χ2v) is 14.7. The summed E-state index contributed by atoms with van der Waals surface area (Å²) < 4.78 is 4.45. The molecule has 4 aromatic rings. The Morgan fingerprint density at radius 3 is 1.51 bits per heavy atom. The lowest BCUT2D eigenvalue weighted by atomic mass is 9.97. The first kappa shape index (κ1) is 46.2. The molecule has 0 aliphatic carbocycles. The molecular weight excluding hydrogens is 832 g/mol.